The Morgan fingerprint density at radius 2 is 1.80 bits per heavy atom. The van der Waals surface area contributed by atoms with Crippen molar-refractivity contribution in [3.05, 3.63) is 53.0 Å². The predicted molar refractivity (Wildman–Crippen MR) is 132 cm³/mol. The number of benzene rings is 1. The van der Waals surface area contributed by atoms with E-state index < -0.39 is 5.92 Å². The van der Waals surface area contributed by atoms with Crippen LogP contribution in [-0.2, 0) is 10.7 Å². The van der Waals surface area contributed by atoms with Crippen molar-refractivity contribution in [3.63, 3.8) is 0 Å². The number of amides is 1. The number of alkyl halides is 2. The van der Waals surface area contributed by atoms with Crippen molar-refractivity contribution in [2.24, 2.45) is 0 Å². The zero-order valence-corrected chi connectivity index (χ0v) is 21.0. The first-order valence-electron chi connectivity index (χ1n) is 12.7. The number of aryl methyl sites for hydroxylation is 1. The lowest BCUT2D eigenvalue weighted by atomic mass is 9.88. The molecule has 1 unspecified atom stereocenters. The van der Waals surface area contributed by atoms with Crippen molar-refractivity contribution in [2.75, 3.05) is 31.1 Å². The Morgan fingerprint density at radius 3 is 2.43 bits per heavy atom. The summed E-state index contributed by atoms with van der Waals surface area (Å²) in [7, 11) is 0. The first-order valence-corrected chi connectivity index (χ1v) is 12.7. The van der Waals surface area contributed by atoms with Gasteiger partial charge >= 0.3 is 0 Å². The van der Waals surface area contributed by atoms with Crippen LogP contribution in [0.1, 0.15) is 74.3 Å². The Hall–Kier alpha value is -2.61. The molecule has 1 amide bonds. The summed E-state index contributed by atoms with van der Waals surface area (Å²) in [5.74, 6) is -2.71. The topological polar surface area (TPSA) is 61.4 Å². The van der Waals surface area contributed by atoms with Crippen LogP contribution in [0.3, 0.4) is 0 Å². The van der Waals surface area contributed by atoms with Gasteiger partial charge in [0.05, 0.1) is 5.92 Å². The van der Waals surface area contributed by atoms with E-state index in [4.69, 9.17) is 0 Å². The summed E-state index contributed by atoms with van der Waals surface area (Å²) >= 11 is 0. The number of carbonyl (C=O) groups is 1. The van der Waals surface area contributed by atoms with Crippen LogP contribution in [0, 0.1) is 6.92 Å². The van der Waals surface area contributed by atoms with Gasteiger partial charge < -0.3 is 15.1 Å². The highest BCUT2D eigenvalue weighted by Gasteiger charge is 2.47. The van der Waals surface area contributed by atoms with Crippen LogP contribution in [0.25, 0.3) is 0 Å². The van der Waals surface area contributed by atoms with Gasteiger partial charge in [0, 0.05) is 49.7 Å². The maximum atomic E-state index is 14.4. The Kier molecular flexibility index (Phi) is 6.06. The highest BCUT2D eigenvalue weighted by Crippen LogP contribution is 2.49. The molecule has 0 bridgehead atoms. The molecule has 188 valence electrons. The molecule has 3 aliphatic rings. The fraction of sp³-hybridized carbons (Fsp3) is 0.593. The van der Waals surface area contributed by atoms with E-state index in [1.807, 2.05) is 16.7 Å². The highest BCUT2D eigenvalue weighted by atomic mass is 19.3. The molecule has 1 aromatic heterocycles. The molecular formula is C27H35F2N5O. The average Bonchev–Trinajstić information content (AvgIpc) is 3.30. The molecule has 6 nitrogen and oxygen atoms in total. The second-order valence-corrected chi connectivity index (χ2v) is 11.1. The van der Waals surface area contributed by atoms with E-state index in [-0.39, 0.29) is 41.4 Å². The molecule has 2 fully saturated rings. The third-order valence-corrected chi connectivity index (χ3v) is 7.92. The number of nitrogens with one attached hydrogen (secondary N) is 1. The lowest BCUT2D eigenvalue weighted by Crippen LogP contribution is -2.53. The standard InChI is InChI=1S/C27H35F2N5O/c1-17-5-7-19(8-6-17)22(20-9-10-26(3,4)32-20)25(35)34-13-11-33(12-14-34)24-21-18(2)15-27(28,29)23(21)30-16-31-24/h5-8,16,18,20,22,32H,9-15H2,1-4H3/t18-,20+,22?/m1/s1. The molecule has 0 spiro atoms. The number of rotatable bonds is 4. The zero-order valence-electron chi connectivity index (χ0n) is 21.0. The normalized spacial score (nSPS) is 26.0. The summed E-state index contributed by atoms with van der Waals surface area (Å²) in [5, 5.41) is 3.69. The fourth-order valence-electron chi connectivity index (χ4n) is 6.04. The van der Waals surface area contributed by atoms with E-state index >= 15 is 0 Å². The van der Waals surface area contributed by atoms with Crippen LogP contribution < -0.4 is 10.2 Å². The number of aromatic nitrogens is 2. The number of halogens is 2. The van der Waals surface area contributed by atoms with E-state index in [1.54, 1.807) is 0 Å². The molecule has 8 heteroatoms. The summed E-state index contributed by atoms with van der Waals surface area (Å²) in [6, 6.07) is 8.38. The van der Waals surface area contributed by atoms with Gasteiger partial charge in [-0.05, 0) is 45.1 Å². The first-order chi connectivity index (χ1) is 16.6. The van der Waals surface area contributed by atoms with Crippen LogP contribution in [0.4, 0.5) is 14.6 Å². The summed E-state index contributed by atoms with van der Waals surface area (Å²) in [4.78, 5) is 26.2. The number of carbonyl (C=O) groups excluding carboxylic acids is 1. The van der Waals surface area contributed by atoms with Gasteiger partial charge in [-0.25, -0.2) is 9.97 Å². The van der Waals surface area contributed by atoms with E-state index in [0.29, 0.717) is 37.6 Å². The Labute approximate surface area is 206 Å². The Bertz CT molecular complexity index is 1100. The van der Waals surface area contributed by atoms with Crippen LogP contribution in [0.5, 0.6) is 0 Å². The molecule has 2 saturated heterocycles. The minimum absolute atomic E-state index is 0.0126. The highest BCUT2D eigenvalue weighted by molar-refractivity contribution is 5.85. The third-order valence-electron chi connectivity index (χ3n) is 7.92. The number of anilines is 1. The number of fused-ring (bicyclic) bond motifs is 1. The van der Waals surface area contributed by atoms with Gasteiger partial charge in [-0.3, -0.25) is 4.79 Å². The molecule has 1 N–H and O–H groups in total. The van der Waals surface area contributed by atoms with Gasteiger partial charge in [-0.15, -0.1) is 0 Å². The van der Waals surface area contributed by atoms with Crippen LogP contribution in [0.15, 0.2) is 30.6 Å². The fourth-order valence-corrected chi connectivity index (χ4v) is 6.04. The number of piperazine rings is 1. The van der Waals surface area contributed by atoms with E-state index in [1.165, 1.54) is 11.9 Å². The van der Waals surface area contributed by atoms with Crippen molar-refractivity contribution in [3.8, 4) is 0 Å². The van der Waals surface area contributed by atoms with Gasteiger partial charge in [0.25, 0.3) is 5.92 Å². The van der Waals surface area contributed by atoms with Crippen LogP contribution in [0.2, 0.25) is 0 Å². The van der Waals surface area contributed by atoms with Crippen molar-refractivity contribution in [1.29, 1.82) is 0 Å². The molecule has 5 rings (SSSR count). The Balaban J connectivity index is 1.34. The first kappa shape index (κ1) is 24.1. The molecule has 1 aromatic carbocycles. The molecule has 1 aliphatic carbocycles. The van der Waals surface area contributed by atoms with Gasteiger partial charge in [-0.2, -0.15) is 8.78 Å². The van der Waals surface area contributed by atoms with Gasteiger partial charge in [-0.1, -0.05) is 36.8 Å². The summed E-state index contributed by atoms with van der Waals surface area (Å²) in [6.07, 6.45) is 3.01. The molecule has 0 radical (unpaired) electrons. The zero-order chi connectivity index (χ0) is 25.0. The maximum Gasteiger partial charge on any atom is 0.290 e. The van der Waals surface area contributed by atoms with Crippen LogP contribution in [-0.4, -0.2) is 58.5 Å². The molecule has 2 aliphatic heterocycles. The molecular weight excluding hydrogens is 448 g/mol. The minimum Gasteiger partial charge on any atom is -0.353 e. The van der Waals surface area contributed by atoms with Gasteiger partial charge in [0.15, 0.2) is 0 Å². The Morgan fingerprint density at radius 1 is 1.11 bits per heavy atom. The predicted octanol–water partition coefficient (Wildman–Crippen LogP) is 4.35. The van der Waals surface area contributed by atoms with Gasteiger partial charge in [0.1, 0.15) is 17.8 Å². The summed E-state index contributed by atoms with van der Waals surface area (Å²) in [5.41, 5.74) is 2.65. The smallest absolute Gasteiger partial charge is 0.290 e. The summed E-state index contributed by atoms with van der Waals surface area (Å²) < 4.78 is 28.8. The quantitative estimate of drug-likeness (QED) is 0.701. The molecule has 2 aromatic rings. The van der Waals surface area contributed by atoms with E-state index in [2.05, 4.69) is 60.3 Å². The third kappa shape index (κ3) is 4.53. The van der Waals surface area contributed by atoms with Gasteiger partial charge in [0.2, 0.25) is 5.91 Å². The van der Waals surface area contributed by atoms with Crippen molar-refractivity contribution in [1.82, 2.24) is 20.2 Å². The monoisotopic (exact) mass is 483 g/mol. The SMILES string of the molecule is Cc1ccc(C(C(=O)N2CCN(c3ncnc4c3[C@H](C)CC4(F)F)CC2)[C@@H]2CCC(C)(C)N2)cc1. The van der Waals surface area contributed by atoms with Crippen molar-refractivity contribution in [2.45, 2.75) is 76.3 Å². The molecule has 3 heterocycles. The second kappa shape index (κ2) is 8.80. The molecule has 0 saturated carbocycles. The second-order valence-electron chi connectivity index (χ2n) is 11.1. The number of nitrogens with zero attached hydrogens (tertiary/aromatic N) is 4. The van der Waals surface area contributed by atoms with Crippen molar-refractivity contribution < 1.29 is 13.6 Å². The maximum absolute atomic E-state index is 14.4. The van der Waals surface area contributed by atoms with Crippen molar-refractivity contribution >= 4 is 11.7 Å². The number of hydrogen-bond acceptors (Lipinski definition) is 5. The lowest BCUT2D eigenvalue weighted by molar-refractivity contribution is -0.133. The molecule has 35 heavy (non-hydrogen) atoms. The minimum atomic E-state index is -2.91. The summed E-state index contributed by atoms with van der Waals surface area (Å²) in [6.45, 7) is 10.5. The number of hydrogen-bond donors (Lipinski definition) is 1. The average molecular weight is 484 g/mol. The van der Waals surface area contributed by atoms with E-state index in [0.717, 1.165) is 18.4 Å². The van der Waals surface area contributed by atoms with E-state index in [9.17, 15) is 13.6 Å². The van der Waals surface area contributed by atoms with Crippen LogP contribution >= 0.6 is 0 Å². The molecule has 3 atom stereocenters. The lowest BCUT2D eigenvalue weighted by Gasteiger charge is -2.39. The largest absolute Gasteiger partial charge is 0.353 e.